The number of halogens is 1. The number of nitrogens with one attached hydrogen (secondary N) is 1. The van der Waals surface area contributed by atoms with Gasteiger partial charge in [-0.1, -0.05) is 13.8 Å². The number of carboxylic acids is 1. The van der Waals surface area contributed by atoms with Crippen molar-refractivity contribution in [2.75, 3.05) is 18.4 Å². The molecule has 0 unspecified atom stereocenters. The number of carboxylic acid groups (broad SMARTS) is 1. The topological polar surface area (TPSA) is 69.6 Å². The van der Waals surface area contributed by atoms with E-state index in [1.807, 2.05) is 13.8 Å². The summed E-state index contributed by atoms with van der Waals surface area (Å²) in [6, 6.07) is 2.78. The largest absolute Gasteiger partial charge is 0.478 e. The van der Waals surface area contributed by atoms with E-state index < -0.39 is 17.8 Å². The van der Waals surface area contributed by atoms with Gasteiger partial charge in [0.05, 0.1) is 11.3 Å². The zero-order chi connectivity index (χ0) is 15.1. The molecule has 1 aromatic rings. The first-order chi connectivity index (χ1) is 9.49. The molecule has 0 spiro atoms. The minimum absolute atomic E-state index is 0.0280. The van der Waals surface area contributed by atoms with E-state index >= 15 is 0 Å². The van der Waals surface area contributed by atoms with E-state index in [1.54, 1.807) is 4.90 Å². The Morgan fingerprint density at radius 1 is 1.25 bits per heavy atom. The molecular weight excluding hydrogens is 263 g/mol. The van der Waals surface area contributed by atoms with Gasteiger partial charge < -0.3 is 15.3 Å². The molecule has 110 valence electrons. The molecule has 0 heterocycles. The van der Waals surface area contributed by atoms with Gasteiger partial charge in [0.2, 0.25) is 0 Å². The van der Waals surface area contributed by atoms with Gasteiger partial charge >= 0.3 is 12.0 Å². The molecule has 5 nitrogen and oxygen atoms in total. The highest BCUT2D eigenvalue weighted by Gasteiger charge is 2.16. The SMILES string of the molecule is CCCN(CCC)C(=O)Nc1cc(F)ccc1C(=O)O. The second-order valence-corrected chi connectivity index (χ2v) is 4.41. The Balaban J connectivity index is 2.93. The highest BCUT2D eigenvalue weighted by molar-refractivity contribution is 6.00. The van der Waals surface area contributed by atoms with Crippen molar-refractivity contribution in [3.63, 3.8) is 0 Å². The number of nitrogens with zero attached hydrogens (tertiary/aromatic N) is 1. The maximum atomic E-state index is 13.2. The van der Waals surface area contributed by atoms with Crippen LogP contribution in [0, 0.1) is 5.82 Å². The third kappa shape index (κ3) is 4.22. The number of hydrogen-bond donors (Lipinski definition) is 2. The highest BCUT2D eigenvalue weighted by Crippen LogP contribution is 2.18. The number of carbonyl (C=O) groups is 2. The molecule has 0 fully saturated rings. The van der Waals surface area contributed by atoms with Gasteiger partial charge in [0.1, 0.15) is 5.82 Å². The second kappa shape index (κ2) is 7.47. The van der Waals surface area contributed by atoms with Crippen molar-refractivity contribution in [2.24, 2.45) is 0 Å². The summed E-state index contributed by atoms with van der Waals surface area (Å²) in [6.45, 7) is 5.02. The Labute approximate surface area is 117 Å². The summed E-state index contributed by atoms with van der Waals surface area (Å²) in [7, 11) is 0. The van der Waals surface area contributed by atoms with Crippen LogP contribution in [0.2, 0.25) is 0 Å². The zero-order valence-electron chi connectivity index (χ0n) is 11.6. The summed E-state index contributed by atoms with van der Waals surface area (Å²) in [5, 5.41) is 11.5. The minimum Gasteiger partial charge on any atom is -0.478 e. The predicted octanol–water partition coefficient (Wildman–Crippen LogP) is 3.18. The fourth-order valence-electron chi connectivity index (χ4n) is 1.86. The molecule has 1 rings (SSSR count). The average Bonchev–Trinajstić information content (AvgIpc) is 2.38. The third-order valence-electron chi connectivity index (χ3n) is 2.73. The van der Waals surface area contributed by atoms with Crippen LogP contribution in [0.4, 0.5) is 14.9 Å². The molecule has 20 heavy (non-hydrogen) atoms. The smallest absolute Gasteiger partial charge is 0.337 e. The number of aromatic carboxylic acids is 1. The lowest BCUT2D eigenvalue weighted by molar-refractivity contribution is 0.0698. The zero-order valence-corrected chi connectivity index (χ0v) is 11.6. The number of hydrogen-bond acceptors (Lipinski definition) is 2. The Kier molecular flexibility index (Phi) is 5.96. The molecule has 0 aliphatic carbocycles. The molecule has 0 atom stereocenters. The van der Waals surface area contributed by atoms with Gasteiger partial charge in [-0.15, -0.1) is 0 Å². The Bertz CT molecular complexity index is 485. The first-order valence-corrected chi connectivity index (χ1v) is 6.58. The monoisotopic (exact) mass is 282 g/mol. The quantitative estimate of drug-likeness (QED) is 0.842. The number of rotatable bonds is 6. The van der Waals surface area contributed by atoms with Crippen LogP contribution in [0.5, 0.6) is 0 Å². The van der Waals surface area contributed by atoms with Crippen LogP contribution in [-0.2, 0) is 0 Å². The number of urea groups is 1. The molecular formula is C14H19FN2O3. The third-order valence-corrected chi connectivity index (χ3v) is 2.73. The van der Waals surface area contributed by atoms with Gasteiger partial charge in [-0.2, -0.15) is 0 Å². The maximum absolute atomic E-state index is 13.2. The lowest BCUT2D eigenvalue weighted by atomic mass is 10.1. The maximum Gasteiger partial charge on any atom is 0.337 e. The summed E-state index contributed by atoms with van der Waals surface area (Å²) in [6.07, 6.45) is 1.59. The van der Waals surface area contributed by atoms with Crippen molar-refractivity contribution in [3.05, 3.63) is 29.6 Å². The van der Waals surface area contributed by atoms with E-state index in [-0.39, 0.29) is 11.3 Å². The van der Waals surface area contributed by atoms with Gasteiger partial charge in [-0.25, -0.2) is 14.0 Å². The number of anilines is 1. The summed E-state index contributed by atoms with van der Waals surface area (Å²) >= 11 is 0. The Morgan fingerprint density at radius 3 is 2.35 bits per heavy atom. The molecule has 0 aliphatic rings. The van der Waals surface area contributed by atoms with Crippen molar-refractivity contribution >= 4 is 17.7 Å². The van der Waals surface area contributed by atoms with E-state index in [2.05, 4.69) is 5.32 Å². The van der Waals surface area contributed by atoms with E-state index in [0.29, 0.717) is 13.1 Å². The standard InChI is InChI=1S/C14H19FN2O3/c1-3-7-17(8-4-2)14(20)16-12-9-10(15)5-6-11(12)13(18)19/h5-6,9H,3-4,7-8H2,1-2H3,(H,16,20)(H,18,19). The summed E-state index contributed by atoms with van der Waals surface area (Å²) < 4.78 is 13.2. The van der Waals surface area contributed by atoms with Gasteiger partial charge in [0.25, 0.3) is 0 Å². The van der Waals surface area contributed by atoms with Gasteiger partial charge in [-0.3, -0.25) is 0 Å². The summed E-state index contributed by atoms with van der Waals surface area (Å²) in [5.41, 5.74) is -0.160. The van der Waals surface area contributed by atoms with E-state index in [4.69, 9.17) is 5.11 Å². The molecule has 1 aromatic carbocycles. The molecule has 6 heteroatoms. The van der Waals surface area contributed by atoms with Gasteiger partial charge in [0, 0.05) is 13.1 Å². The fraction of sp³-hybridized carbons (Fsp3) is 0.429. The lowest BCUT2D eigenvalue weighted by Gasteiger charge is -2.22. The summed E-state index contributed by atoms with van der Waals surface area (Å²) in [4.78, 5) is 24.7. The lowest BCUT2D eigenvalue weighted by Crippen LogP contribution is -2.36. The molecule has 0 aliphatic heterocycles. The van der Waals surface area contributed by atoms with Crippen LogP contribution < -0.4 is 5.32 Å². The molecule has 0 saturated carbocycles. The highest BCUT2D eigenvalue weighted by atomic mass is 19.1. The van der Waals surface area contributed by atoms with Crippen LogP contribution in [-0.4, -0.2) is 35.1 Å². The fourth-order valence-corrected chi connectivity index (χ4v) is 1.86. The number of benzene rings is 1. The van der Waals surface area contributed by atoms with Crippen molar-refractivity contribution in [2.45, 2.75) is 26.7 Å². The molecule has 2 N–H and O–H groups in total. The average molecular weight is 282 g/mol. The van der Waals surface area contributed by atoms with Crippen molar-refractivity contribution < 1.29 is 19.1 Å². The second-order valence-electron chi connectivity index (χ2n) is 4.41. The first kappa shape index (κ1) is 15.9. The van der Waals surface area contributed by atoms with Crippen LogP contribution in [0.25, 0.3) is 0 Å². The van der Waals surface area contributed by atoms with Crippen molar-refractivity contribution in [3.8, 4) is 0 Å². The van der Waals surface area contributed by atoms with E-state index in [1.165, 1.54) is 0 Å². The van der Waals surface area contributed by atoms with E-state index in [9.17, 15) is 14.0 Å². The molecule has 0 bridgehead atoms. The number of carbonyl (C=O) groups excluding carboxylic acids is 1. The molecule has 2 amide bonds. The van der Waals surface area contributed by atoms with Crippen molar-refractivity contribution in [1.82, 2.24) is 4.90 Å². The Morgan fingerprint density at radius 2 is 1.85 bits per heavy atom. The van der Waals surface area contributed by atoms with Crippen LogP contribution in [0.3, 0.4) is 0 Å². The molecule has 0 saturated heterocycles. The first-order valence-electron chi connectivity index (χ1n) is 6.58. The van der Waals surface area contributed by atoms with Crippen LogP contribution in [0.1, 0.15) is 37.0 Å². The van der Waals surface area contributed by atoms with Crippen molar-refractivity contribution in [1.29, 1.82) is 0 Å². The normalized spacial score (nSPS) is 10.2. The van der Waals surface area contributed by atoms with Crippen LogP contribution >= 0.6 is 0 Å². The molecule has 0 radical (unpaired) electrons. The number of amides is 2. The van der Waals surface area contributed by atoms with Gasteiger partial charge in [0.15, 0.2) is 0 Å². The predicted molar refractivity (Wildman–Crippen MR) is 74.5 cm³/mol. The van der Waals surface area contributed by atoms with E-state index in [0.717, 1.165) is 31.0 Å². The Hall–Kier alpha value is -2.11. The molecule has 0 aromatic heterocycles. The van der Waals surface area contributed by atoms with Gasteiger partial charge in [-0.05, 0) is 31.0 Å². The van der Waals surface area contributed by atoms with Crippen LogP contribution in [0.15, 0.2) is 18.2 Å². The summed E-state index contributed by atoms with van der Waals surface area (Å²) in [5.74, 6) is -1.80. The minimum atomic E-state index is -1.21.